The summed E-state index contributed by atoms with van der Waals surface area (Å²) in [5.41, 5.74) is 24.3. The van der Waals surface area contributed by atoms with E-state index in [1.165, 1.54) is 89.3 Å². The Balaban J connectivity index is 1.03. The minimum atomic E-state index is -0.560. The first-order chi connectivity index (χ1) is 31.8. The van der Waals surface area contributed by atoms with Gasteiger partial charge in [0.15, 0.2) is 0 Å². The molecule has 64 heavy (non-hydrogen) atoms. The molecule has 298 valence electrons. The number of hydrogen-bond acceptors (Lipinski definition) is 2. The standard InChI is InChI=1S/C62H40N2/c1-3-20-41(21-4-1)63(43-38-39-53-48(40-43)46-26-9-13-30-51(46)61(53)49-28-11-7-24-44(49)45-25-8-12-29-50(45)61)59-37-19-34-56-60(59)47-27-10-14-31-52(47)62(56)54-32-15-17-35-57(54)64(42-22-5-2-6-23-42)58-36-18-16-33-55(58)62/h1-40H. The van der Waals surface area contributed by atoms with Crippen molar-refractivity contribution in [1.29, 1.82) is 0 Å². The van der Waals surface area contributed by atoms with Crippen LogP contribution in [0.4, 0.5) is 34.1 Å². The van der Waals surface area contributed by atoms with Crippen molar-refractivity contribution in [2.24, 2.45) is 0 Å². The van der Waals surface area contributed by atoms with Crippen LogP contribution >= 0.6 is 0 Å². The molecule has 0 fully saturated rings. The summed E-state index contributed by atoms with van der Waals surface area (Å²) in [6.07, 6.45) is 0. The summed E-state index contributed by atoms with van der Waals surface area (Å²) in [4.78, 5) is 4.96. The fourth-order valence-corrected chi connectivity index (χ4v) is 12.4. The number of hydrogen-bond donors (Lipinski definition) is 0. The first kappa shape index (κ1) is 35.4. The van der Waals surface area contributed by atoms with Crippen molar-refractivity contribution in [3.05, 3.63) is 287 Å². The number of para-hydroxylation sites is 4. The molecule has 4 aliphatic rings. The minimum Gasteiger partial charge on any atom is -0.310 e. The smallest absolute Gasteiger partial charge is 0.0755 e. The maximum absolute atomic E-state index is 2.51. The largest absolute Gasteiger partial charge is 0.310 e. The zero-order valence-corrected chi connectivity index (χ0v) is 35.0. The van der Waals surface area contributed by atoms with Crippen LogP contribution in [-0.4, -0.2) is 0 Å². The Morgan fingerprint density at radius 3 is 1.30 bits per heavy atom. The van der Waals surface area contributed by atoms with Gasteiger partial charge in [0, 0.05) is 22.6 Å². The summed E-state index contributed by atoms with van der Waals surface area (Å²) in [6, 6.07) is 90.6. The lowest BCUT2D eigenvalue weighted by Crippen LogP contribution is -2.36. The molecule has 0 bridgehead atoms. The van der Waals surface area contributed by atoms with E-state index in [4.69, 9.17) is 0 Å². The third-order valence-electron chi connectivity index (χ3n) is 14.7. The van der Waals surface area contributed by atoms with Crippen molar-refractivity contribution < 1.29 is 0 Å². The molecule has 3 aliphatic carbocycles. The second kappa shape index (κ2) is 13.2. The maximum atomic E-state index is 2.51. The Labute approximate surface area is 373 Å². The van der Waals surface area contributed by atoms with Gasteiger partial charge in [-0.2, -0.15) is 0 Å². The molecule has 14 rings (SSSR count). The van der Waals surface area contributed by atoms with Crippen LogP contribution < -0.4 is 9.80 Å². The fourth-order valence-electron chi connectivity index (χ4n) is 12.4. The summed E-state index contributed by atoms with van der Waals surface area (Å²) < 4.78 is 0. The molecule has 0 amide bonds. The highest BCUT2D eigenvalue weighted by atomic mass is 15.2. The van der Waals surface area contributed by atoms with Crippen molar-refractivity contribution in [1.82, 2.24) is 0 Å². The highest BCUT2D eigenvalue weighted by molar-refractivity contribution is 6.02. The summed E-state index contributed by atoms with van der Waals surface area (Å²) >= 11 is 0. The predicted molar refractivity (Wildman–Crippen MR) is 263 cm³/mol. The second-order valence-corrected chi connectivity index (χ2v) is 17.5. The van der Waals surface area contributed by atoms with Gasteiger partial charge in [0.1, 0.15) is 0 Å². The normalized spacial score (nSPS) is 14.5. The molecule has 0 saturated carbocycles. The summed E-state index contributed by atoms with van der Waals surface area (Å²) in [5, 5.41) is 0. The molecule has 1 aliphatic heterocycles. The Kier molecular flexibility index (Phi) is 7.28. The molecule has 2 spiro atoms. The Morgan fingerprint density at radius 1 is 0.281 bits per heavy atom. The van der Waals surface area contributed by atoms with Gasteiger partial charge in [-0.1, -0.05) is 188 Å². The van der Waals surface area contributed by atoms with E-state index in [1.54, 1.807) is 0 Å². The zero-order valence-electron chi connectivity index (χ0n) is 35.0. The molecule has 0 atom stereocenters. The Morgan fingerprint density at radius 2 is 0.703 bits per heavy atom. The van der Waals surface area contributed by atoms with Crippen molar-refractivity contribution in [2.45, 2.75) is 10.8 Å². The number of rotatable bonds is 4. The van der Waals surface area contributed by atoms with Crippen LogP contribution in [0.3, 0.4) is 0 Å². The molecule has 0 aromatic heterocycles. The van der Waals surface area contributed by atoms with Crippen LogP contribution in [0.15, 0.2) is 243 Å². The second-order valence-electron chi connectivity index (χ2n) is 17.5. The molecule has 10 aromatic rings. The number of anilines is 6. The SMILES string of the molecule is c1ccc(N(c2ccc3c(c2)-c2ccccc2C32c3ccccc3-c3ccccc32)c2cccc3c2-c2ccccc2C32c3ccccc3N(c3ccccc3)c3ccccc32)cc1. The van der Waals surface area contributed by atoms with Gasteiger partial charge in [0.25, 0.3) is 0 Å². The first-order valence-corrected chi connectivity index (χ1v) is 22.4. The van der Waals surface area contributed by atoms with E-state index in [9.17, 15) is 0 Å². The third-order valence-corrected chi connectivity index (χ3v) is 14.7. The summed E-state index contributed by atoms with van der Waals surface area (Å²) in [6.45, 7) is 0. The third kappa shape index (κ3) is 4.39. The van der Waals surface area contributed by atoms with Crippen molar-refractivity contribution in [3.8, 4) is 33.4 Å². The van der Waals surface area contributed by atoms with Gasteiger partial charge in [0.05, 0.1) is 27.9 Å². The average Bonchev–Trinajstić information content (AvgIpc) is 3.95. The van der Waals surface area contributed by atoms with Crippen LogP contribution in [0.25, 0.3) is 33.4 Å². The quantitative estimate of drug-likeness (QED) is 0.175. The molecule has 0 saturated heterocycles. The lowest BCUT2D eigenvalue weighted by Gasteiger charge is -2.45. The lowest BCUT2D eigenvalue weighted by molar-refractivity contribution is 0.752. The van der Waals surface area contributed by atoms with E-state index >= 15 is 0 Å². The summed E-state index contributed by atoms with van der Waals surface area (Å²) in [7, 11) is 0. The molecule has 0 radical (unpaired) electrons. The minimum absolute atomic E-state index is 0.399. The lowest BCUT2D eigenvalue weighted by atomic mass is 9.64. The van der Waals surface area contributed by atoms with Gasteiger partial charge in [0.2, 0.25) is 0 Å². The molecular weight excluding hydrogens is 773 g/mol. The summed E-state index contributed by atoms with van der Waals surface area (Å²) in [5.74, 6) is 0. The highest BCUT2D eigenvalue weighted by Gasteiger charge is 2.54. The van der Waals surface area contributed by atoms with Gasteiger partial charge in [-0.05, 0) is 127 Å². The molecule has 0 N–H and O–H groups in total. The molecule has 10 aromatic carbocycles. The molecule has 0 unspecified atom stereocenters. The Hall–Kier alpha value is -8.20. The van der Waals surface area contributed by atoms with Gasteiger partial charge in [-0.15, -0.1) is 0 Å². The molecule has 2 nitrogen and oxygen atoms in total. The maximum Gasteiger partial charge on any atom is 0.0755 e. The van der Waals surface area contributed by atoms with E-state index in [-0.39, 0.29) is 0 Å². The van der Waals surface area contributed by atoms with E-state index in [2.05, 4.69) is 252 Å². The van der Waals surface area contributed by atoms with E-state index in [1.807, 2.05) is 0 Å². The Bertz CT molecular complexity index is 3440. The van der Waals surface area contributed by atoms with Crippen LogP contribution in [0.1, 0.15) is 44.5 Å². The monoisotopic (exact) mass is 812 g/mol. The topological polar surface area (TPSA) is 6.48 Å². The van der Waals surface area contributed by atoms with E-state index < -0.39 is 10.8 Å². The number of nitrogens with zero attached hydrogens (tertiary/aromatic N) is 2. The first-order valence-electron chi connectivity index (χ1n) is 22.4. The average molecular weight is 813 g/mol. The molecule has 1 heterocycles. The van der Waals surface area contributed by atoms with Gasteiger partial charge >= 0.3 is 0 Å². The molecular formula is C62H40N2. The van der Waals surface area contributed by atoms with Crippen LogP contribution in [0.2, 0.25) is 0 Å². The van der Waals surface area contributed by atoms with E-state index in [0.29, 0.717) is 0 Å². The van der Waals surface area contributed by atoms with E-state index in [0.717, 1.165) is 22.7 Å². The highest BCUT2D eigenvalue weighted by Crippen LogP contribution is 2.66. The van der Waals surface area contributed by atoms with Crippen molar-refractivity contribution in [3.63, 3.8) is 0 Å². The molecule has 2 heteroatoms. The fraction of sp³-hybridized carbons (Fsp3) is 0.0323. The van der Waals surface area contributed by atoms with Gasteiger partial charge in [-0.25, -0.2) is 0 Å². The number of benzene rings is 10. The van der Waals surface area contributed by atoms with Crippen molar-refractivity contribution in [2.75, 3.05) is 9.80 Å². The van der Waals surface area contributed by atoms with Crippen molar-refractivity contribution >= 4 is 34.1 Å². The van der Waals surface area contributed by atoms with Crippen LogP contribution in [0.5, 0.6) is 0 Å². The zero-order chi connectivity index (χ0) is 42.0. The van der Waals surface area contributed by atoms with Crippen LogP contribution in [0, 0.1) is 0 Å². The van der Waals surface area contributed by atoms with Gasteiger partial charge in [-0.3, -0.25) is 0 Å². The van der Waals surface area contributed by atoms with Gasteiger partial charge < -0.3 is 9.80 Å². The predicted octanol–water partition coefficient (Wildman–Crippen LogP) is 15.6. The van der Waals surface area contributed by atoms with Crippen LogP contribution in [-0.2, 0) is 10.8 Å². The number of fused-ring (bicyclic) bond motifs is 19.